The molecule has 2 saturated heterocycles. The molecule has 0 N–H and O–H groups in total. The van der Waals surface area contributed by atoms with Crippen molar-refractivity contribution < 1.29 is 32.2 Å². The molecule has 1 aromatic rings. The first-order valence-electron chi connectivity index (χ1n) is 11.3. The summed E-state index contributed by atoms with van der Waals surface area (Å²) in [6, 6.07) is 5.84. The van der Waals surface area contributed by atoms with E-state index in [1.807, 2.05) is 6.92 Å². The number of methoxy groups -OCH3 is 2. The molecule has 0 spiro atoms. The van der Waals surface area contributed by atoms with E-state index in [1.54, 1.807) is 36.1 Å². The van der Waals surface area contributed by atoms with Gasteiger partial charge in [-0.15, -0.1) is 0 Å². The second kappa shape index (κ2) is 8.88. The normalized spacial score (nSPS) is 31.3. The molecular formula is C23H32N2O7S. The minimum absolute atomic E-state index is 0.00306. The summed E-state index contributed by atoms with van der Waals surface area (Å²) in [6.07, 6.45) is 0.481. The maximum atomic E-state index is 13.9. The molecular weight excluding hydrogens is 448 g/mol. The summed E-state index contributed by atoms with van der Waals surface area (Å²) in [5.41, 5.74) is -0.0702. The lowest BCUT2D eigenvalue weighted by atomic mass is 9.60. The van der Waals surface area contributed by atoms with E-state index in [9.17, 15) is 18.0 Å². The molecule has 9 nitrogen and oxygen atoms in total. The number of rotatable bonds is 6. The van der Waals surface area contributed by atoms with Gasteiger partial charge in [-0.3, -0.25) is 9.69 Å². The minimum atomic E-state index is -3.96. The van der Waals surface area contributed by atoms with Crippen molar-refractivity contribution in [2.24, 2.45) is 17.8 Å². The quantitative estimate of drug-likeness (QED) is 0.574. The van der Waals surface area contributed by atoms with Crippen molar-refractivity contribution in [3.8, 4) is 0 Å². The number of carbonyl (C=O) groups is 2. The van der Waals surface area contributed by atoms with E-state index in [0.29, 0.717) is 19.4 Å². The Kier molecular flexibility index (Phi) is 6.45. The number of benzene rings is 1. The number of sulfonamides is 1. The Morgan fingerprint density at radius 1 is 1.18 bits per heavy atom. The van der Waals surface area contributed by atoms with Gasteiger partial charge in [0.1, 0.15) is 0 Å². The lowest BCUT2D eigenvalue weighted by Gasteiger charge is -2.57. The summed E-state index contributed by atoms with van der Waals surface area (Å²) < 4.78 is 45.3. The molecule has 33 heavy (non-hydrogen) atoms. The summed E-state index contributed by atoms with van der Waals surface area (Å²) in [5, 5.41) is 0. The smallest absolute Gasteiger partial charge is 0.410 e. The van der Waals surface area contributed by atoms with Gasteiger partial charge >= 0.3 is 12.1 Å². The molecule has 1 amide bonds. The van der Waals surface area contributed by atoms with Gasteiger partial charge in [-0.05, 0) is 50.7 Å². The number of aryl methyl sites for hydroxylation is 1. The van der Waals surface area contributed by atoms with Crippen LogP contribution in [0.25, 0.3) is 0 Å². The van der Waals surface area contributed by atoms with E-state index >= 15 is 0 Å². The zero-order valence-electron chi connectivity index (χ0n) is 19.5. The fourth-order valence-corrected chi connectivity index (χ4v) is 8.07. The lowest BCUT2D eigenvalue weighted by Crippen LogP contribution is -2.74. The maximum Gasteiger partial charge on any atom is 0.410 e. The predicted molar refractivity (Wildman–Crippen MR) is 119 cm³/mol. The number of ether oxygens (including phenoxy) is 3. The van der Waals surface area contributed by atoms with Crippen LogP contribution >= 0.6 is 0 Å². The van der Waals surface area contributed by atoms with Crippen molar-refractivity contribution in [1.82, 2.24) is 9.21 Å². The molecule has 1 aromatic carbocycles. The van der Waals surface area contributed by atoms with E-state index in [-0.39, 0.29) is 36.5 Å². The SMILES string of the molecule is CCOC(=O)C1C[C@H]2CN(C(=O)OC)[C@@]3(COC)[C@@H]2CCN(S(=O)(=O)c2ccc(C)cc2)[C@@H]13. The molecule has 0 aromatic heterocycles. The van der Waals surface area contributed by atoms with Crippen LogP contribution in [-0.2, 0) is 29.0 Å². The number of amides is 1. The first-order valence-corrected chi connectivity index (χ1v) is 12.8. The van der Waals surface area contributed by atoms with Crippen molar-refractivity contribution in [3.05, 3.63) is 29.8 Å². The Hall–Kier alpha value is -2.17. The second-order valence-electron chi connectivity index (χ2n) is 9.13. The minimum Gasteiger partial charge on any atom is -0.466 e. The van der Waals surface area contributed by atoms with E-state index in [2.05, 4.69) is 0 Å². The molecule has 182 valence electrons. The van der Waals surface area contributed by atoms with Gasteiger partial charge in [-0.2, -0.15) is 4.31 Å². The van der Waals surface area contributed by atoms with Crippen molar-refractivity contribution in [2.75, 3.05) is 40.5 Å². The van der Waals surface area contributed by atoms with Crippen molar-refractivity contribution >= 4 is 22.1 Å². The molecule has 2 heterocycles. The molecule has 1 saturated carbocycles. The molecule has 1 aliphatic carbocycles. The highest BCUT2D eigenvalue weighted by Crippen LogP contribution is 2.57. The first-order chi connectivity index (χ1) is 15.7. The van der Waals surface area contributed by atoms with Crippen LogP contribution in [0.4, 0.5) is 4.79 Å². The van der Waals surface area contributed by atoms with Crippen molar-refractivity contribution in [2.45, 2.75) is 43.2 Å². The van der Waals surface area contributed by atoms with Gasteiger partial charge in [0.2, 0.25) is 10.0 Å². The topological polar surface area (TPSA) is 102 Å². The number of carbonyl (C=O) groups excluding carboxylic acids is 2. The third-order valence-corrected chi connectivity index (χ3v) is 9.43. The molecule has 4 bridgehead atoms. The van der Waals surface area contributed by atoms with E-state index in [0.717, 1.165) is 5.56 Å². The molecule has 3 fully saturated rings. The van der Waals surface area contributed by atoms with Crippen molar-refractivity contribution in [3.63, 3.8) is 0 Å². The molecule has 1 unspecified atom stereocenters. The summed E-state index contributed by atoms with van der Waals surface area (Å²) in [5.74, 6) is -1.12. The molecule has 3 aliphatic rings. The average Bonchev–Trinajstić information content (AvgIpc) is 3.01. The van der Waals surface area contributed by atoms with Gasteiger partial charge in [-0.25, -0.2) is 13.2 Å². The van der Waals surface area contributed by atoms with Crippen LogP contribution in [0.1, 0.15) is 25.3 Å². The molecule has 5 atom stereocenters. The molecule has 10 heteroatoms. The Morgan fingerprint density at radius 3 is 2.48 bits per heavy atom. The highest BCUT2D eigenvalue weighted by atomic mass is 32.2. The van der Waals surface area contributed by atoms with Crippen LogP contribution in [0.3, 0.4) is 0 Å². The van der Waals surface area contributed by atoms with Crippen LogP contribution < -0.4 is 0 Å². The Morgan fingerprint density at radius 2 is 1.88 bits per heavy atom. The largest absolute Gasteiger partial charge is 0.466 e. The van der Waals surface area contributed by atoms with E-state index in [4.69, 9.17) is 14.2 Å². The first kappa shape index (κ1) is 24.0. The summed E-state index contributed by atoms with van der Waals surface area (Å²) in [7, 11) is -1.12. The number of piperidine rings is 1. The fraction of sp³-hybridized carbons (Fsp3) is 0.652. The van der Waals surface area contributed by atoms with Gasteiger partial charge in [-0.1, -0.05) is 17.7 Å². The highest BCUT2D eigenvalue weighted by molar-refractivity contribution is 7.89. The van der Waals surface area contributed by atoms with Crippen molar-refractivity contribution in [1.29, 1.82) is 0 Å². The van der Waals surface area contributed by atoms with E-state index < -0.39 is 39.6 Å². The zero-order chi connectivity index (χ0) is 24.0. The van der Waals surface area contributed by atoms with Gasteiger partial charge in [0, 0.05) is 20.2 Å². The number of likely N-dealkylation sites (tertiary alicyclic amines) is 1. The van der Waals surface area contributed by atoms with Gasteiger partial charge in [0.25, 0.3) is 0 Å². The summed E-state index contributed by atoms with van der Waals surface area (Å²) in [6.45, 7) is 4.57. The Labute approximate surface area is 195 Å². The summed E-state index contributed by atoms with van der Waals surface area (Å²) >= 11 is 0. The molecule has 0 radical (unpaired) electrons. The monoisotopic (exact) mass is 480 g/mol. The number of hydrogen-bond acceptors (Lipinski definition) is 7. The van der Waals surface area contributed by atoms with Crippen LogP contribution in [0.15, 0.2) is 29.2 Å². The third-order valence-electron chi connectivity index (χ3n) is 7.54. The molecule has 4 rings (SSSR count). The lowest BCUT2D eigenvalue weighted by molar-refractivity contribution is -0.160. The maximum absolute atomic E-state index is 13.9. The van der Waals surface area contributed by atoms with Gasteiger partial charge < -0.3 is 14.2 Å². The van der Waals surface area contributed by atoms with Gasteiger partial charge in [0.15, 0.2) is 0 Å². The molecule has 2 aliphatic heterocycles. The van der Waals surface area contributed by atoms with Crippen LogP contribution in [0.5, 0.6) is 0 Å². The Balaban J connectivity index is 1.88. The van der Waals surface area contributed by atoms with E-state index in [1.165, 1.54) is 18.5 Å². The number of nitrogens with zero attached hydrogens (tertiary/aromatic N) is 2. The predicted octanol–water partition coefficient (Wildman–Crippen LogP) is 2.04. The van der Waals surface area contributed by atoms with Gasteiger partial charge in [0.05, 0.1) is 42.7 Å². The third kappa shape index (κ3) is 3.63. The van der Waals surface area contributed by atoms with Crippen LogP contribution in [0.2, 0.25) is 0 Å². The number of hydrogen-bond donors (Lipinski definition) is 0. The fourth-order valence-electron chi connectivity index (χ4n) is 6.35. The van der Waals surface area contributed by atoms with Crippen LogP contribution in [-0.4, -0.2) is 81.8 Å². The highest BCUT2D eigenvalue weighted by Gasteiger charge is 2.70. The standard InChI is InChI=1S/C23H32N2O7S/c1-5-32-21(26)18-12-16-13-24(22(27)31-4)23(14-30-3)19(16)10-11-25(20(18)23)33(28,29)17-8-6-15(2)7-9-17/h6-9,16,18-20H,5,10-14H2,1-4H3/t16-,18?,19+,20-,23-/m0/s1. The average molecular weight is 481 g/mol. The summed E-state index contributed by atoms with van der Waals surface area (Å²) in [4.78, 5) is 27.8. The van der Waals surface area contributed by atoms with Crippen LogP contribution in [0, 0.1) is 24.7 Å². The zero-order valence-corrected chi connectivity index (χ0v) is 20.3. The Bertz CT molecular complexity index is 1010. The second-order valence-corrected chi connectivity index (χ2v) is 11.0. The number of esters is 1.